The summed E-state index contributed by atoms with van der Waals surface area (Å²) in [6, 6.07) is 10.6. The molecular formula is C15H24N2O. The van der Waals surface area contributed by atoms with E-state index in [1.165, 1.54) is 5.56 Å². The molecular weight excluding hydrogens is 224 g/mol. The Kier molecular flexibility index (Phi) is 5.35. The van der Waals surface area contributed by atoms with Gasteiger partial charge in [0.1, 0.15) is 0 Å². The number of rotatable bonds is 6. The fourth-order valence-electron chi connectivity index (χ4n) is 1.98. The van der Waals surface area contributed by atoms with Crippen LogP contribution >= 0.6 is 0 Å². The normalized spacial score (nSPS) is 13.3. The summed E-state index contributed by atoms with van der Waals surface area (Å²) < 4.78 is 0. The van der Waals surface area contributed by atoms with Crippen LogP contribution in [-0.2, 0) is 4.79 Å². The smallest absolute Gasteiger partial charge is 0.218 e. The van der Waals surface area contributed by atoms with Crippen LogP contribution in [0.4, 0.5) is 0 Å². The first kappa shape index (κ1) is 14.7. The third-order valence-electron chi connectivity index (χ3n) is 2.78. The minimum Gasteiger partial charge on any atom is -0.370 e. The fourth-order valence-corrected chi connectivity index (χ4v) is 1.98. The Morgan fingerprint density at radius 1 is 1.28 bits per heavy atom. The molecule has 100 valence electrons. The second-order valence-corrected chi connectivity index (χ2v) is 5.90. The van der Waals surface area contributed by atoms with Crippen molar-refractivity contribution >= 4 is 5.91 Å². The number of benzene rings is 1. The first-order valence-corrected chi connectivity index (χ1v) is 6.45. The van der Waals surface area contributed by atoms with E-state index >= 15 is 0 Å². The average Bonchev–Trinajstić information content (AvgIpc) is 2.27. The standard InChI is InChI=1S/C15H24N2O/c1-15(2,3)11-13(17-10-9-14(16)18)12-7-5-4-6-8-12/h4-8,13,17H,9-11H2,1-3H3,(H2,16,18). The number of hydrogen-bond acceptors (Lipinski definition) is 2. The molecule has 0 aliphatic rings. The van der Waals surface area contributed by atoms with Crippen LogP contribution in [0.1, 0.15) is 45.2 Å². The Balaban J connectivity index is 2.67. The maximum Gasteiger partial charge on any atom is 0.218 e. The molecule has 1 amide bonds. The molecule has 3 nitrogen and oxygen atoms in total. The number of amides is 1. The molecule has 18 heavy (non-hydrogen) atoms. The number of nitrogens with two attached hydrogens (primary N) is 1. The van der Waals surface area contributed by atoms with Gasteiger partial charge in [0.25, 0.3) is 0 Å². The fraction of sp³-hybridized carbons (Fsp3) is 0.533. The zero-order valence-electron chi connectivity index (χ0n) is 11.6. The number of carbonyl (C=O) groups excluding carboxylic acids is 1. The number of nitrogens with one attached hydrogen (secondary N) is 1. The van der Waals surface area contributed by atoms with Crippen molar-refractivity contribution in [2.75, 3.05) is 6.54 Å². The SMILES string of the molecule is CC(C)(C)CC(NCCC(N)=O)c1ccccc1. The summed E-state index contributed by atoms with van der Waals surface area (Å²) in [7, 11) is 0. The van der Waals surface area contributed by atoms with Gasteiger partial charge >= 0.3 is 0 Å². The van der Waals surface area contributed by atoms with Crippen LogP contribution < -0.4 is 11.1 Å². The third kappa shape index (κ3) is 5.82. The topological polar surface area (TPSA) is 55.1 Å². The van der Waals surface area contributed by atoms with Gasteiger partial charge in [-0.05, 0) is 17.4 Å². The van der Waals surface area contributed by atoms with E-state index in [9.17, 15) is 4.79 Å². The summed E-state index contributed by atoms with van der Waals surface area (Å²) in [5, 5.41) is 3.42. The Morgan fingerprint density at radius 3 is 2.39 bits per heavy atom. The number of hydrogen-bond donors (Lipinski definition) is 2. The van der Waals surface area contributed by atoms with Gasteiger partial charge in [-0.2, -0.15) is 0 Å². The monoisotopic (exact) mass is 248 g/mol. The van der Waals surface area contributed by atoms with Gasteiger partial charge < -0.3 is 11.1 Å². The highest BCUT2D eigenvalue weighted by Gasteiger charge is 2.19. The van der Waals surface area contributed by atoms with Crippen molar-refractivity contribution in [3.63, 3.8) is 0 Å². The van der Waals surface area contributed by atoms with Crippen molar-refractivity contribution in [3.05, 3.63) is 35.9 Å². The lowest BCUT2D eigenvalue weighted by atomic mass is 9.85. The van der Waals surface area contributed by atoms with Crippen LogP contribution in [0.15, 0.2) is 30.3 Å². The van der Waals surface area contributed by atoms with Gasteiger partial charge in [0.2, 0.25) is 5.91 Å². The van der Waals surface area contributed by atoms with Crippen LogP contribution in [0.2, 0.25) is 0 Å². The van der Waals surface area contributed by atoms with Crippen molar-refractivity contribution in [1.29, 1.82) is 0 Å². The molecule has 3 heteroatoms. The maximum absolute atomic E-state index is 10.8. The summed E-state index contributed by atoms with van der Waals surface area (Å²) in [6.07, 6.45) is 1.41. The van der Waals surface area contributed by atoms with Crippen LogP contribution in [-0.4, -0.2) is 12.5 Å². The van der Waals surface area contributed by atoms with Crippen LogP contribution in [0.3, 0.4) is 0 Å². The molecule has 1 aromatic carbocycles. The van der Waals surface area contributed by atoms with Gasteiger partial charge in [-0.3, -0.25) is 4.79 Å². The molecule has 1 rings (SSSR count). The van der Waals surface area contributed by atoms with Gasteiger partial charge in [-0.25, -0.2) is 0 Å². The Morgan fingerprint density at radius 2 is 1.89 bits per heavy atom. The van der Waals surface area contributed by atoms with E-state index in [1.54, 1.807) is 0 Å². The molecule has 0 saturated carbocycles. The molecule has 1 aromatic rings. The summed E-state index contributed by atoms with van der Waals surface area (Å²) in [6.45, 7) is 7.29. The van der Waals surface area contributed by atoms with Gasteiger partial charge in [-0.15, -0.1) is 0 Å². The lowest BCUT2D eigenvalue weighted by Crippen LogP contribution is -2.29. The largest absolute Gasteiger partial charge is 0.370 e. The maximum atomic E-state index is 10.8. The molecule has 3 N–H and O–H groups in total. The van der Waals surface area contributed by atoms with Crippen LogP contribution in [0, 0.1) is 5.41 Å². The van der Waals surface area contributed by atoms with Crippen LogP contribution in [0.25, 0.3) is 0 Å². The molecule has 1 atom stereocenters. The second kappa shape index (κ2) is 6.55. The summed E-state index contributed by atoms with van der Waals surface area (Å²) in [4.78, 5) is 10.8. The zero-order valence-corrected chi connectivity index (χ0v) is 11.6. The van der Waals surface area contributed by atoms with E-state index in [2.05, 4.69) is 38.2 Å². The molecule has 0 heterocycles. The minimum absolute atomic E-state index is 0.236. The molecule has 0 bridgehead atoms. The average molecular weight is 248 g/mol. The zero-order chi connectivity index (χ0) is 13.6. The highest BCUT2D eigenvalue weighted by atomic mass is 16.1. The van der Waals surface area contributed by atoms with Crippen molar-refractivity contribution in [1.82, 2.24) is 5.32 Å². The molecule has 0 fully saturated rings. The van der Waals surface area contributed by atoms with Crippen molar-refractivity contribution in [3.8, 4) is 0 Å². The Labute approximate surface area is 110 Å². The van der Waals surface area contributed by atoms with E-state index in [0.717, 1.165) is 6.42 Å². The summed E-state index contributed by atoms with van der Waals surface area (Å²) in [5.41, 5.74) is 6.66. The lowest BCUT2D eigenvalue weighted by Gasteiger charge is -2.27. The molecule has 0 spiro atoms. The van der Waals surface area contributed by atoms with E-state index in [1.807, 2.05) is 18.2 Å². The summed E-state index contributed by atoms with van der Waals surface area (Å²) in [5.74, 6) is -0.259. The Hall–Kier alpha value is -1.35. The van der Waals surface area contributed by atoms with Gasteiger partial charge in [0.15, 0.2) is 0 Å². The minimum atomic E-state index is -0.259. The van der Waals surface area contributed by atoms with E-state index in [4.69, 9.17) is 5.73 Å². The molecule has 1 unspecified atom stereocenters. The quantitative estimate of drug-likeness (QED) is 0.813. The predicted molar refractivity (Wildman–Crippen MR) is 75.1 cm³/mol. The number of primary amides is 1. The highest BCUT2D eigenvalue weighted by Crippen LogP contribution is 2.29. The molecule has 0 aliphatic heterocycles. The Bertz CT molecular complexity index is 368. The molecule has 0 radical (unpaired) electrons. The first-order valence-electron chi connectivity index (χ1n) is 6.45. The predicted octanol–water partition coefficient (Wildman–Crippen LogP) is 2.63. The van der Waals surface area contributed by atoms with Crippen molar-refractivity contribution in [2.45, 2.75) is 39.7 Å². The van der Waals surface area contributed by atoms with E-state index in [0.29, 0.717) is 13.0 Å². The van der Waals surface area contributed by atoms with Gasteiger partial charge in [0, 0.05) is 19.0 Å². The summed E-state index contributed by atoms with van der Waals surface area (Å²) >= 11 is 0. The first-order chi connectivity index (χ1) is 8.38. The van der Waals surface area contributed by atoms with E-state index in [-0.39, 0.29) is 17.4 Å². The highest BCUT2D eigenvalue weighted by molar-refractivity contribution is 5.73. The third-order valence-corrected chi connectivity index (χ3v) is 2.78. The van der Waals surface area contributed by atoms with Crippen molar-refractivity contribution in [2.24, 2.45) is 11.1 Å². The molecule has 0 aliphatic carbocycles. The van der Waals surface area contributed by atoms with Gasteiger partial charge in [0.05, 0.1) is 0 Å². The number of carbonyl (C=O) groups is 1. The van der Waals surface area contributed by atoms with Crippen LogP contribution in [0.5, 0.6) is 0 Å². The van der Waals surface area contributed by atoms with Crippen molar-refractivity contribution < 1.29 is 4.79 Å². The van der Waals surface area contributed by atoms with Gasteiger partial charge in [-0.1, -0.05) is 51.1 Å². The second-order valence-electron chi connectivity index (χ2n) is 5.90. The molecule has 0 saturated heterocycles. The molecule has 0 aromatic heterocycles. The lowest BCUT2D eigenvalue weighted by molar-refractivity contribution is -0.117. The van der Waals surface area contributed by atoms with E-state index < -0.39 is 0 Å².